The van der Waals surface area contributed by atoms with Gasteiger partial charge in [0.15, 0.2) is 0 Å². The second-order valence-corrected chi connectivity index (χ2v) is 6.97. The zero-order chi connectivity index (χ0) is 17.9. The average molecular weight is 335 g/mol. The van der Waals surface area contributed by atoms with Crippen molar-refractivity contribution in [3.8, 4) is 5.69 Å². The van der Waals surface area contributed by atoms with Gasteiger partial charge in [0.05, 0.1) is 12.1 Å². The van der Waals surface area contributed by atoms with Crippen molar-refractivity contribution in [2.24, 2.45) is 0 Å². The minimum absolute atomic E-state index is 0.0429. The van der Waals surface area contributed by atoms with Crippen LogP contribution in [0.2, 0.25) is 0 Å². The minimum atomic E-state index is -0.0429. The lowest BCUT2D eigenvalue weighted by atomic mass is 9.87. The smallest absolute Gasteiger partial charge is 0.228 e. The van der Waals surface area contributed by atoms with Crippen LogP contribution in [0.5, 0.6) is 0 Å². The number of nitrogens with one attached hydrogen (secondary N) is 1. The molecule has 6 heteroatoms. The Morgan fingerprint density at radius 1 is 1.04 bits per heavy atom. The first-order valence-electron chi connectivity index (χ1n) is 8.14. The molecule has 0 fully saturated rings. The van der Waals surface area contributed by atoms with Gasteiger partial charge in [0.25, 0.3) is 0 Å². The lowest BCUT2D eigenvalue weighted by molar-refractivity contribution is -0.115. The first-order valence-corrected chi connectivity index (χ1v) is 8.14. The molecule has 0 bridgehead atoms. The van der Waals surface area contributed by atoms with Crippen LogP contribution >= 0.6 is 0 Å². The van der Waals surface area contributed by atoms with Crippen LogP contribution in [0.25, 0.3) is 5.69 Å². The van der Waals surface area contributed by atoms with Gasteiger partial charge in [-0.3, -0.25) is 4.79 Å². The van der Waals surface area contributed by atoms with Crippen molar-refractivity contribution in [2.45, 2.75) is 32.6 Å². The van der Waals surface area contributed by atoms with Crippen molar-refractivity contribution in [2.75, 3.05) is 5.32 Å². The molecule has 0 aliphatic heterocycles. The Bertz CT molecular complexity index is 831. The summed E-state index contributed by atoms with van der Waals surface area (Å²) < 4.78 is 1.57. The molecule has 0 saturated heterocycles. The van der Waals surface area contributed by atoms with E-state index < -0.39 is 0 Å². The van der Waals surface area contributed by atoms with E-state index in [4.69, 9.17) is 0 Å². The number of aromatic nitrogens is 4. The lowest BCUT2D eigenvalue weighted by Crippen LogP contribution is -2.15. The Balaban J connectivity index is 1.61. The number of benzene rings is 2. The van der Waals surface area contributed by atoms with Crippen LogP contribution in [-0.2, 0) is 16.6 Å². The number of anilines is 1. The van der Waals surface area contributed by atoms with Crippen LogP contribution in [-0.4, -0.2) is 26.1 Å². The van der Waals surface area contributed by atoms with Crippen molar-refractivity contribution < 1.29 is 4.79 Å². The first-order chi connectivity index (χ1) is 11.9. The Labute approximate surface area is 146 Å². The van der Waals surface area contributed by atoms with E-state index in [1.54, 1.807) is 4.68 Å². The van der Waals surface area contributed by atoms with Crippen LogP contribution in [0.15, 0.2) is 54.9 Å². The van der Waals surface area contributed by atoms with Gasteiger partial charge in [-0.1, -0.05) is 45.0 Å². The fourth-order valence-electron chi connectivity index (χ4n) is 2.49. The standard InChI is InChI=1S/C19H21N5O/c1-19(2,3)15-6-8-16(9-7-15)21-18(25)12-14-4-10-17(11-5-14)24-13-20-22-23-24/h4-11,13H,12H2,1-3H3,(H,21,25). The van der Waals surface area contributed by atoms with Gasteiger partial charge in [0.1, 0.15) is 6.33 Å². The van der Waals surface area contributed by atoms with Crippen molar-refractivity contribution in [3.05, 3.63) is 66.0 Å². The molecule has 0 spiro atoms. The SMILES string of the molecule is CC(C)(C)c1ccc(NC(=O)Cc2ccc(-n3cnnn3)cc2)cc1. The van der Waals surface area contributed by atoms with E-state index in [0.717, 1.165) is 16.9 Å². The highest BCUT2D eigenvalue weighted by Gasteiger charge is 2.13. The fraction of sp³-hybridized carbons (Fsp3) is 0.263. The molecule has 128 valence electrons. The number of rotatable bonds is 4. The summed E-state index contributed by atoms with van der Waals surface area (Å²) in [4.78, 5) is 12.2. The third-order valence-electron chi connectivity index (χ3n) is 3.95. The van der Waals surface area contributed by atoms with Crippen LogP contribution in [0.4, 0.5) is 5.69 Å². The lowest BCUT2D eigenvalue weighted by Gasteiger charge is -2.19. The highest BCUT2D eigenvalue weighted by atomic mass is 16.1. The Hall–Kier alpha value is -3.02. The zero-order valence-corrected chi connectivity index (χ0v) is 14.6. The van der Waals surface area contributed by atoms with Gasteiger partial charge in [0.2, 0.25) is 5.91 Å². The maximum atomic E-state index is 12.2. The Morgan fingerprint density at radius 3 is 2.28 bits per heavy atom. The van der Waals surface area contributed by atoms with Crippen molar-refractivity contribution >= 4 is 11.6 Å². The predicted molar refractivity (Wildman–Crippen MR) is 96.6 cm³/mol. The second-order valence-electron chi connectivity index (χ2n) is 6.97. The number of nitrogens with zero attached hydrogens (tertiary/aromatic N) is 4. The van der Waals surface area contributed by atoms with Gasteiger partial charge >= 0.3 is 0 Å². The molecule has 3 rings (SSSR count). The predicted octanol–water partition coefficient (Wildman–Crippen LogP) is 3.14. The summed E-state index contributed by atoms with van der Waals surface area (Å²) in [6.07, 6.45) is 1.85. The molecule has 0 aliphatic rings. The summed E-state index contributed by atoms with van der Waals surface area (Å²) in [5.41, 5.74) is 3.93. The zero-order valence-electron chi connectivity index (χ0n) is 14.6. The summed E-state index contributed by atoms with van der Waals surface area (Å²) in [5.74, 6) is -0.0429. The molecule has 2 aromatic carbocycles. The van der Waals surface area contributed by atoms with E-state index in [0.29, 0.717) is 6.42 Å². The molecule has 0 radical (unpaired) electrons. The maximum Gasteiger partial charge on any atom is 0.228 e. The van der Waals surface area contributed by atoms with E-state index in [1.807, 2.05) is 36.4 Å². The number of carbonyl (C=O) groups excluding carboxylic acids is 1. The third-order valence-corrected chi connectivity index (χ3v) is 3.95. The molecular weight excluding hydrogens is 314 g/mol. The topological polar surface area (TPSA) is 72.7 Å². The van der Waals surface area contributed by atoms with Crippen molar-refractivity contribution in [3.63, 3.8) is 0 Å². The second kappa shape index (κ2) is 6.84. The molecule has 3 aromatic rings. The van der Waals surface area contributed by atoms with E-state index in [9.17, 15) is 4.79 Å². The monoisotopic (exact) mass is 335 g/mol. The number of carbonyl (C=O) groups is 1. The van der Waals surface area contributed by atoms with Gasteiger partial charge in [-0.05, 0) is 51.2 Å². The molecule has 25 heavy (non-hydrogen) atoms. The average Bonchev–Trinajstić information content (AvgIpc) is 3.09. The number of tetrazole rings is 1. The highest BCUT2D eigenvalue weighted by molar-refractivity contribution is 5.92. The molecule has 0 atom stereocenters. The molecule has 0 unspecified atom stereocenters. The molecule has 1 aromatic heterocycles. The molecule has 1 amide bonds. The van der Waals surface area contributed by atoms with E-state index >= 15 is 0 Å². The Kier molecular flexibility index (Phi) is 4.61. The third kappa shape index (κ3) is 4.29. The summed E-state index contributed by atoms with van der Waals surface area (Å²) >= 11 is 0. The van der Waals surface area contributed by atoms with Crippen molar-refractivity contribution in [1.29, 1.82) is 0 Å². The van der Waals surface area contributed by atoms with Crippen molar-refractivity contribution in [1.82, 2.24) is 20.2 Å². The largest absolute Gasteiger partial charge is 0.326 e. The van der Waals surface area contributed by atoms with Crippen LogP contribution in [0.3, 0.4) is 0 Å². The first kappa shape index (κ1) is 16.8. The summed E-state index contributed by atoms with van der Waals surface area (Å²) in [6.45, 7) is 6.50. The Morgan fingerprint density at radius 2 is 1.72 bits per heavy atom. The molecule has 6 nitrogen and oxygen atoms in total. The van der Waals surface area contributed by atoms with Crippen LogP contribution in [0, 0.1) is 0 Å². The number of amides is 1. The van der Waals surface area contributed by atoms with Gasteiger partial charge in [-0.25, -0.2) is 4.68 Å². The summed E-state index contributed by atoms with van der Waals surface area (Å²) in [7, 11) is 0. The van der Waals surface area contributed by atoms with Crippen LogP contribution in [0.1, 0.15) is 31.9 Å². The highest BCUT2D eigenvalue weighted by Crippen LogP contribution is 2.23. The number of hydrogen-bond donors (Lipinski definition) is 1. The maximum absolute atomic E-state index is 12.2. The van der Waals surface area contributed by atoms with Gasteiger partial charge < -0.3 is 5.32 Å². The minimum Gasteiger partial charge on any atom is -0.326 e. The summed E-state index contributed by atoms with van der Waals surface area (Å²) in [5, 5.41) is 14.0. The van der Waals surface area contributed by atoms with Crippen LogP contribution < -0.4 is 5.32 Å². The fourth-order valence-corrected chi connectivity index (χ4v) is 2.49. The quantitative estimate of drug-likeness (QED) is 0.795. The summed E-state index contributed by atoms with van der Waals surface area (Å²) in [6, 6.07) is 15.6. The molecule has 0 aliphatic carbocycles. The molecule has 1 heterocycles. The van der Waals surface area contributed by atoms with E-state index in [1.165, 1.54) is 11.9 Å². The molecule has 1 N–H and O–H groups in total. The number of hydrogen-bond acceptors (Lipinski definition) is 4. The molecule has 0 saturated carbocycles. The van der Waals surface area contributed by atoms with Gasteiger partial charge in [-0.2, -0.15) is 0 Å². The van der Waals surface area contributed by atoms with Gasteiger partial charge in [-0.15, -0.1) is 5.10 Å². The van der Waals surface area contributed by atoms with E-state index in [-0.39, 0.29) is 11.3 Å². The van der Waals surface area contributed by atoms with Gasteiger partial charge in [0, 0.05) is 5.69 Å². The van der Waals surface area contributed by atoms with E-state index in [2.05, 4.69) is 53.7 Å². The molecular formula is C19H21N5O. The normalized spacial score (nSPS) is 11.3.